The van der Waals surface area contributed by atoms with Crippen LogP contribution < -0.4 is 10.6 Å². The fourth-order valence-electron chi connectivity index (χ4n) is 2.38. The standard InChI is InChI=1S/C19H11Cl3FN3O2/c20-13-2-1-3-14(21)16(13)18(27)26-19(28)25-15-9-8-12(17(22)24-15)10-4-6-11(23)7-5-10/h1-9H,(H2,24,25,26,27,28). The van der Waals surface area contributed by atoms with E-state index in [0.29, 0.717) is 11.1 Å². The zero-order valence-electron chi connectivity index (χ0n) is 14.0. The lowest BCUT2D eigenvalue weighted by molar-refractivity contribution is 0.0967. The van der Waals surface area contributed by atoms with E-state index < -0.39 is 11.9 Å². The number of urea groups is 1. The Balaban J connectivity index is 1.71. The zero-order chi connectivity index (χ0) is 20.3. The van der Waals surface area contributed by atoms with Gasteiger partial charge in [-0.25, -0.2) is 14.2 Å². The second-order valence-corrected chi connectivity index (χ2v) is 6.72. The Hall–Kier alpha value is -2.67. The van der Waals surface area contributed by atoms with Crippen molar-refractivity contribution in [1.82, 2.24) is 10.3 Å². The van der Waals surface area contributed by atoms with Crippen LogP contribution in [-0.4, -0.2) is 16.9 Å². The fourth-order valence-corrected chi connectivity index (χ4v) is 3.21. The molecule has 3 amide bonds. The van der Waals surface area contributed by atoms with Gasteiger partial charge in [-0.15, -0.1) is 0 Å². The van der Waals surface area contributed by atoms with Gasteiger partial charge in [-0.2, -0.15) is 0 Å². The molecule has 0 saturated carbocycles. The molecule has 0 aliphatic carbocycles. The Bertz CT molecular complexity index is 1040. The first-order chi connectivity index (χ1) is 13.3. The summed E-state index contributed by atoms with van der Waals surface area (Å²) in [6, 6.07) is 12.5. The number of hydrogen-bond donors (Lipinski definition) is 2. The molecule has 9 heteroatoms. The summed E-state index contributed by atoms with van der Waals surface area (Å²) in [4.78, 5) is 28.3. The lowest BCUT2D eigenvalue weighted by atomic mass is 10.1. The van der Waals surface area contributed by atoms with Crippen molar-refractivity contribution in [3.05, 3.63) is 81.2 Å². The van der Waals surface area contributed by atoms with E-state index in [2.05, 4.69) is 15.6 Å². The van der Waals surface area contributed by atoms with Crippen LogP contribution in [0.5, 0.6) is 0 Å². The van der Waals surface area contributed by atoms with Gasteiger partial charge in [0.25, 0.3) is 5.91 Å². The third kappa shape index (κ3) is 4.59. The van der Waals surface area contributed by atoms with E-state index in [1.165, 1.54) is 30.3 Å². The molecule has 0 unspecified atom stereocenters. The number of nitrogens with one attached hydrogen (secondary N) is 2. The van der Waals surface area contributed by atoms with E-state index in [4.69, 9.17) is 34.8 Å². The number of carbonyl (C=O) groups excluding carboxylic acids is 2. The smallest absolute Gasteiger partial charge is 0.292 e. The molecule has 2 aromatic carbocycles. The molecule has 0 aliphatic heterocycles. The van der Waals surface area contributed by atoms with Crippen LogP contribution in [0.2, 0.25) is 15.2 Å². The molecular formula is C19H11Cl3FN3O2. The number of hydrogen-bond acceptors (Lipinski definition) is 3. The van der Waals surface area contributed by atoms with Crippen molar-refractivity contribution in [2.75, 3.05) is 5.32 Å². The van der Waals surface area contributed by atoms with Gasteiger partial charge in [0.1, 0.15) is 16.8 Å². The third-order valence-electron chi connectivity index (χ3n) is 3.66. The number of carbonyl (C=O) groups is 2. The summed E-state index contributed by atoms with van der Waals surface area (Å²) in [7, 11) is 0. The summed E-state index contributed by atoms with van der Waals surface area (Å²) in [5.41, 5.74) is 1.21. The van der Waals surface area contributed by atoms with Gasteiger partial charge in [-0.3, -0.25) is 15.4 Å². The van der Waals surface area contributed by atoms with E-state index in [0.717, 1.165) is 0 Å². The van der Waals surface area contributed by atoms with E-state index in [-0.39, 0.29) is 32.4 Å². The Morgan fingerprint density at radius 2 is 1.54 bits per heavy atom. The molecule has 142 valence electrons. The van der Waals surface area contributed by atoms with Crippen molar-refractivity contribution in [1.29, 1.82) is 0 Å². The van der Waals surface area contributed by atoms with Crippen LogP contribution >= 0.6 is 34.8 Å². The molecule has 0 radical (unpaired) electrons. The van der Waals surface area contributed by atoms with Crippen molar-refractivity contribution in [3.8, 4) is 11.1 Å². The van der Waals surface area contributed by atoms with Crippen molar-refractivity contribution in [2.45, 2.75) is 0 Å². The first-order valence-corrected chi connectivity index (χ1v) is 8.97. The molecule has 1 aromatic heterocycles. The molecule has 3 rings (SSSR count). The van der Waals surface area contributed by atoms with Crippen LogP contribution in [0.1, 0.15) is 10.4 Å². The highest BCUT2D eigenvalue weighted by Crippen LogP contribution is 2.28. The summed E-state index contributed by atoms with van der Waals surface area (Å²) in [5, 5.41) is 4.84. The summed E-state index contributed by atoms with van der Waals surface area (Å²) < 4.78 is 13.0. The molecule has 0 spiro atoms. The lowest BCUT2D eigenvalue weighted by Crippen LogP contribution is -2.34. The lowest BCUT2D eigenvalue weighted by Gasteiger charge is -2.10. The topological polar surface area (TPSA) is 71.1 Å². The molecule has 0 atom stereocenters. The van der Waals surface area contributed by atoms with Gasteiger partial charge in [-0.1, -0.05) is 53.0 Å². The Kier molecular flexibility index (Phi) is 6.14. The van der Waals surface area contributed by atoms with Crippen molar-refractivity contribution in [3.63, 3.8) is 0 Å². The zero-order valence-corrected chi connectivity index (χ0v) is 16.2. The average Bonchev–Trinajstić information content (AvgIpc) is 2.62. The quantitative estimate of drug-likeness (QED) is 0.507. The Morgan fingerprint density at radius 3 is 2.14 bits per heavy atom. The first kappa shape index (κ1) is 20.1. The number of halogens is 4. The highest BCUT2D eigenvalue weighted by Gasteiger charge is 2.17. The van der Waals surface area contributed by atoms with Crippen LogP contribution in [0, 0.1) is 5.82 Å². The monoisotopic (exact) mass is 437 g/mol. The van der Waals surface area contributed by atoms with Crippen LogP contribution in [0.4, 0.5) is 15.0 Å². The molecule has 0 bridgehead atoms. The van der Waals surface area contributed by atoms with E-state index in [1.807, 2.05) is 0 Å². The van der Waals surface area contributed by atoms with E-state index in [9.17, 15) is 14.0 Å². The average molecular weight is 439 g/mol. The molecule has 5 nitrogen and oxygen atoms in total. The molecule has 1 heterocycles. The SMILES string of the molecule is O=C(NC(=O)c1c(Cl)cccc1Cl)Nc1ccc(-c2ccc(F)cc2)c(Cl)n1. The predicted octanol–water partition coefficient (Wildman–Crippen LogP) is 5.81. The van der Waals surface area contributed by atoms with Gasteiger partial charge < -0.3 is 0 Å². The maximum atomic E-state index is 13.0. The van der Waals surface area contributed by atoms with Crippen LogP contribution in [0.25, 0.3) is 11.1 Å². The molecule has 0 fully saturated rings. The van der Waals surface area contributed by atoms with Crippen molar-refractivity contribution in [2.24, 2.45) is 0 Å². The number of amides is 3. The fraction of sp³-hybridized carbons (Fsp3) is 0. The number of imide groups is 1. The van der Waals surface area contributed by atoms with E-state index >= 15 is 0 Å². The number of benzene rings is 2. The molecule has 2 N–H and O–H groups in total. The predicted molar refractivity (Wildman–Crippen MR) is 108 cm³/mol. The number of nitrogens with zero attached hydrogens (tertiary/aromatic N) is 1. The minimum Gasteiger partial charge on any atom is -0.292 e. The van der Waals surface area contributed by atoms with Gasteiger partial charge in [0.2, 0.25) is 0 Å². The van der Waals surface area contributed by atoms with Gasteiger partial charge >= 0.3 is 6.03 Å². The molecular weight excluding hydrogens is 428 g/mol. The normalized spacial score (nSPS) is 10.4. The maximum Gasteiger partial charge on any atom is 0.327 e. The first-order valence-electron chi connectivity index (χ1n) is 7.84. The summed E-state index contributed by atoms with van der Waals surface area (Å²) in [5.74, 6) is -1.01. The second kappa shape index (κ2) is 8.56. The summed E-state index contributed by atoms with van der Waals surface area (Å²) in [6.07, 6.45) is 0. The van der Waals surface area contributed by atoms with E-state index in [1.54, 1.807) is 24.3 Å². The Morgan fingerprint density at radius 1 is 0.893 bits per heavy atom. The minimum atomic E-state index is -0.834. The maximum absolute atomic E-state index is 13.0. The number of rotatable bonds is 3. The van der Waals surface area contributed by atoms with Gasteiger partial charge in [0.15, 0.2) is 0 Å². The molecule has 0 aliphatic rings. The Labute approximate surface area is 174 Å². The van der Waals surface area contributed by atoms with Gasteiger partial charge in [-0.05, 0) is 42.0 Å². The van der Waals surface area contributed by atoms with Crippen LogP contribution in [0.3, 0.4) is 0 Å². The van der Waals surface area contributed by atoms with Crippen LogP contribution in [-0.2, 0) is 0 Å². The summed E-state index contributed by atoms with van der Waals surface area (Å²) in [6.45, 7) is 0. The molecule has 0 saturated heterocycles. The molecule has 3 aromatic rings. The summed E-state index contributed by atoms with van der Waals surface area (Å²) >= 11 is 18.0. The van der Waals surface area contributed by atoms with Crippen molar-refractivity contribution < 1.29 is 14.0 Å². The highest BCUT2D eigenvalue weighted by molar-refractivity contribution is 6.40. The van der Waals surface area contributed by atoms with Crippen molar-refractivity contribution >= 4 is 52.6 Å². The second-order valence-electron chi connectivity index (χ2n) is 5.55. The molecule has 28 heavy (non-hydrogen) atoms. The van der Waals surface area contributed by atoms with Crippen LogP contribution in [0.15, 0.2) is 54.6 Å². The third-order valence-corrected chi connectivity index (χ3v) is 4.58. The van der Waals surface area contributed by atoms with Gasteiger partial charge in [0, 0.05) is 5.56 Å². The number of aromatic nitrogens is 1. The van der Waals surface area contributed by atoms with Gasteiger partial charge in [0.05, 0.1) is 15.6 Å². The largest absolute Gasteiger partial charge is 0.327 e. The number of anilines is 1. The number of pyridine rings is 1. The minimum absolute atomic E-state index is 0.0152. The highest BCUT2D eigenvalue weighted by atomic mass is 35.5.